The van der Waals surface area contributed by atoms with Gasteiger partial charge in [0.15, 0.2) is 19.7 Å². The zero-order valence-corrected chi connectivity index (χ0v) is 20.8. The van der Waals surface area contributed by atoms with Crippen molar-refractivity contribution in [2.75, 3.05) is 30.1 Å². The Balaban J connectivity index is 2.29. The summed E-state index contributed by atoms with van der Waals surface area (Å²) >= 11 is 0. The zero-order chi connectivity index (χ0) is 26.5. The van der Waals surface area contributed by atoms with Crippen molar-refractivity contribution in [1.82, 2.24) is 0 Å². The second kappa shape index (κ2) is 11.1. The van der Waals surface area contributed by atoms with Gasteiger partial charge in [0.25, 0.3) is 10.1 Å². The Morgan fingerprint density at radius 1 is 0.829 bits per heavy atom. The topological polar surface area (TPSA) is 231 Å². The van der Waals surface area contributed by atoms with Gasteiger partial charge in [-0.15, -0.1) is 0 Å². The molecule has 0 heterocycles. The van der Waals surface area contributed by atoms with Crippen molar-refractivity contribution < 1.29 is 52.1 Å². The molecular formula is C17H20N2O12S4. The molecule has 0 amide bonds. The summed E-state index contributed by atoms with van der Waals surface area (Å²) in [7, 11) is -17.6. The van der Waals surface area contributed by atoms with E-state index in [2.05, 4.69) is 14.7 Å². The van der Waals surface area contributed by atoms with E-state index in [4.69, 9.17) is 9.66 Å². The fourth-order valence-electron chi connectivity index (χ4n) is 2.56. The molecule has 35 heavy (non-hydrogen) atoms. The van der Waals surface area contributed by atoms with Crippen LogP contribution in [0, 0.1) is 0 Å². The second-order valence-electron chi connectivity index (χ2n) is 6.68. The average Bonchev–Trinajstić information content (AvgIpc) is 2.72. The Morgan fingerprint density at radius 2 is 1.40 bits per heavy atom. The molecule has 2 aromatic rings. The molecule has 0 unspecified atom stereocenters. The Labute approximate surface area is 201 Å². The molecule has 4 N–H and O–H groups in total. The van der Waals surface area contributed by atoms with E-state index in [1.165, 1.54) is 24.3 Å². The molecule has 2 rings (SSSR count). The SMILES string of the molecule is O=S(=O)(O)OCCS(=O)(=O)c1ccc(S(=O)(=O)O)c(NN=Cc2ccc(S(=O)(=O)CCO)cc2)c1. The summed E-state index contributed by atoms with van der Waals surface area (Å²) in [5.41, 5.74) is 2.19. The number of hydrogen-bond acceptors (Lipinski definition) is 12. The smallest absolute Gasteiger partial charge is 0.395 e. The number of anilines is 1. The molecule has 2 aromatic carbocycles. The first-order valence-corrected chi connectivity index (χ1v) is 15.3. The van der Waals surface area contributed by atoms with Crippen LogP contribution in [0.2, 0.25) is 0 Å². The van der Waals surface area contributed by atoms with Gasteiger partial charge in [0, 0.05) is 0 Å². The minimum absolute atomic E-state index is 0.0406. The number of hydrazone groups is 1. The monoisotopic (exact) mass is 572 g/mol. The predicted octanol–water partition coefficient (Wildman–Crippen LogP) is -0.262. The Morgan fingerprint density at radius 3 is 1.94 bits per heavy atom. The maximum absolute atomic E-state index is 12.4. The third kappa shape index (κ3) is 8.61. The van der Waals surface area contributed by atoms with Crippen LogP contribution in [-0.4, -0.2) is 78.8 Å². The lowest BCUT2D eigenvalue weighted by molar-refractivity contribution is 0.284. The molecule has 0 saturated heterocycles. The van der Waals surface area contributed by atoms with Crippen LogP contribution in [0.4, 0.5) is 5.69 Å². The molecule has 0 aromatic heterocycles. The van der Waals surface area contributed by atoms with Crippen molar-refractivity contribution in [2.45, 2.75) is 14.7 Å². The Kier molecular flexibility index (Phi) is 9.11. The van der Waals surface area contributed by atoms with Crippen molar-refractivity contribution in [2.24, 2.45) is 5.10 Å². The van der Waals surface area contributed by atoms with Crippen LogP contribution in [0.5, 0.6) is 0 Å². The van der Waals surface area contributed by atoms with E-state index in [0.29, 0.717) is 5.56 Å². The molecule has 0 aliphatic heterocycles. The number of nitrogens with one attached hydrogen (secondary N) is 1. The number of nitrogens with zero attached hydrogens (tertiary/aromatic N) is 1. The van der Waals surface area contributed by atoms with Gasteiger partial charge in [-0.2, -0.15) is 21.9 Å². The molecule has 194 valence electrons. The van der Waals surface area contributed by atoms with Crippen molar-refractivity contribution in [3.8, 4) is 0 Å². The molecule has 14 nitrogen and oxygen atoms in total. The minimum Gasteiger partial charge on any atom is -0.395 e. The summed E-state index contributed by atoms with van der Waals surface area (Å²) in [4.78, 5) is -1.23. The van der Waals surface area contributed by atoms with Crippen LogP contribution < -0.4 is 5.43 Å². The van der Waals surface area contributed by atoms with Gasteiger partial charge in [-0.25, -0.2) is 21.0 Å². The summed E-state index contributed by atoms with van der Waals surface area (Å²) in [5, 5.41) is 12.6. The van der Waals surface area contributed by atoms with Crippen molar-refractivity contribution >= 4 is 52.1 Å². The van der Waals surface area contributed by atoms with E-state index in [9.17, 15) is 38.2 Å². The van der Waals surface area contributed by atoms with Crippen molar-refractivity contribution in [3.63, 3.8) is 0 Å². The Hall–Kier alpha value is -2.45. The van der Waals surface area contributed by atoms with E-state index in [1.807, 2.05) is 0 Å². The van der Waals surface area contributed by atoms with E-state index < -0.39 is 80.4 Å². The van der Waals surface area contributed by atoms with Crippen LogP contribution in [-0.2, 0) is 44.4 Å². The maximum Gasteiger partial charge on any atom is 0.397 e. The van der Waals surface area contributed by atoms with E-state index in [1.54, 1.807) is 0 Å². The Bertz CT molecular complexity index is 1510. The molecule has 0 aliphatic rings. The van der Waals surface area contributed by atoms with Gasteiger partial charge in [-0.1, -0.05) is 12.1 Å². The standard InChI is InChI=1S/C17H20N2O12S4/c20-7-9-32(21,22)14-3-1-13(2-4-14)12-18-19-16-11-15(5-6-17(16)34(25,26)27)33(23,24)10-8-31-35(28,29)30/h1-6,11-12,19-20H,7-10H2,(H,25,26,27)(H,28,29,30). The minimum atomic E-state index is -4.87. The lowest BCUT2D eigenvalue weighted by atomic mass is 10.2. The molecule has 0 fully saturated rings. The van der Waals surface area contributed by atoms with Gasteiger partial charge in [0.05, 0.1) is 46.4 Å². The molecule has 0 atom stereocenters. The summed E-state index contributed by atoms with van der Waals surface area (Å²) < 4.78 is 115. The first kappa shape index (κ1) is 28.8. The predicted molar refractivity (Wildman–Crippen MR) is 123 cm³/mol. The summed E-state index contributed by atoms with van der Waals surface area (Å²) in [6.45, 7) is -1.46. The van der Waals surface area contributed by atoms with E-state index >= 15 is 0 Å². The van der Waals surface area contributed by atoms with Crippen LogP contribution in [0.1, 0.15) is 5.56 Å². The number of aliphatic hydroxyl groups is 1. The highest BCUT2D eigenvalue weighted by Crippen LogP contribution is 2.26. The molecule has 0 spiro atoms. The maximum atomic E-state index is 12.4. The average molecular weight is 573 g/mol. The third-order valence-corrected chi connectivity index (χ3v) is 8.93. The quantitative estimate of drug-likeness (QED) is 0.146. The lowest BCUT2D eigenvalue weighted by Gasteiger charge is -2.10. The van der Waals surface area contributed by atoms with Gasteiger partial charge < -0.3 is 5.11 Å². The summed E-state index contributed by atoms with van der Waals surface area (Å²) in [6, 6.07) is 7.73. The van der Waals surface area contributed by atoms with Gasteiger partial charge >= 0.3 is 10.4 Å². The molecule has 0 saturated carbocycles. The molecule has 0 radical (unpaired) electrons. The highest BCUT2D eigenvalue weighted by Gasteiger charge is 2.22. The van der Waals surface area contributed by atoms with Crippen molar-refractivity contribution in [1.29, 1.82) is 0 Å². The van der Waals surface area contributed by atoms with Gasteiger partial charge in [-0.05, 0) is 35.9 Å². The molecule has 0 aliphatic carbocycles. The van der Waals surface area contributed by atoms with Crippen LogP contribution in [0.15, 0.2) is 62.3 Å². The molecule has 18 heteroatoms. The normalized spacial score (nSPS) is 13.2. The number of aliphatic hydroxyl groups excluding tert-OH is 1. The highest BCUT2D eigenvalue weighted by molar-refractivity contribution is 7.91. The summed E-state index contributed by atoms with van der Waals surface area (Å²) in [5.74, 6) is -1.34. The highest BCUT2D eigenvalue weighted by atomic mass is 32.3. The number of hydrogen-bond donors (Lipinski definition) is 4. The van der Waals surface area contributed by atoms with Crippen LogP contribution in [0.25, 0.3) is 0 Å². The van der Waals surface area contributed by atoms with Crippen LogP contribution >= 0.6 is 0 Å². The fraction of sp³-hybridized carbons (Fsp3) is 0.235. The number of rotatable bonds is 12. The number of sulfone groups is 2. The third-order valence-electron chi connectivity index (χ3n) is 4.17. The summed E-state index contributed by atoms with van der Waals surface area (Å²) in [6.07, 6.45) is 1.15. The first-order chi connectivity index (χ1) is 16.0. The largest absolute Gasteiger partial charge is 0.397 e. The zero-order valence-electron chi connectivity index (χ0n) is 17.5. The van der Waals surface area contributed by atoms with Crippen LogP contribution in [0.3, 0.4) is 0 Å². The number of benzene rings is 2. The molecular weight excluding hydrogens is 552 g/mol. The van der Waals surface area contributed by atoms with Gasteiger partial charge in [0.1, 0.15) is 4.90 Å². The fourth-order valence-corrected chi connectivity index (χ4v) is 5.72. The van der Waals surface area contributed by atoms with Gasteiger partial charge in [0.2, 0.25) is 0 Å². The van der Waals surface area contributed by atoms with Crippen molar-refractivity contribution in [3.05, 3.63) is 48.0 Å². The molecule has 0 bridgehead atoms. The van der Waals surface area contributed by atoms with E-state index in [-0.39, 0.29) is 4.90 Å². The van der Waals surface area contributed by atoms with E-state index in [0.717, 1.165) is 24.4 Å². The lowest BCUT2D eigenvalue weighted by Crippen LogP contribution is -2.16. The van der Waals surface area contributed by atoms with Gasteiger partial charge in [-0.3, -0.25) is 14.5 Å². The second-order valence-corrected chi connectivity index (χ2v) is 13.4. The first-order valence-electron chi connectivity index (χ1n) is 9.24.